The first-order valence-corrected chi connectivity index (χ1v) is 11.3. The van der Waals surface area contributed by atoms with Gasteiger partial charge in [-0.1, -0.05) is 19.9 Å². The second-order valence-corrected chi connectivity index (χ2v) is 9.34. The lowest BCUT2D eigenvalue weighted by Crippen LogP contribution is -2.52. The quantitative estimate of drug-likeness (QED) is 0.467. The summed E-state index contributed by atoms with van der Waals surface area (Å²) in [6.07, 6.45) is 8.42. The van der Waals surface area contributed by atoms with E-state index in [2.05, 4.69) is 42.1 Å². The van der Waals surface area contributed by atoms with Crippen LogP contribution in [0.25, 0.3) is 0 Å². The zero-order chi connectivity index (χ0) is 22.4. The number of nitrogens with one attached hydrogen (secondary N) is 2. The summed E-state index contributed by atoms with van der Waals surface area (Å²) in [4.78, 5) is 16.6. The predicted octanol–water partition coefficient (Wildman–Crippen LogP) is 2.68. The van der Waals surface area contributed by atoms with Crippen LogP contribution in [0.2, 0.25) is 0 Å². The van der Waals surface area contributed by atoms with Crippen LogP contribution in [0.3, 0.4) is 0 Å². The molecule has 1 spiro atoms. The molecule has 2 heterocycles. The Morgan fingerprint density at radius 3 is 2.87 bits per heavy atom. The molecule has 0 saturated heterocycles. The van der Waals surface area contributed by atoms with Crippen molar-refractivity contribution in [2.75, 3.05) is 20.3 Å². The molecule has 3 rings (SSSR count). The van der Waals surface area contributed by atoms with Crippen molar-refractivity contribution in [2.45, 2.75) is 76.2 Å². The third kappa shape index (κ3) is 6.05. The van der Waals surface area contributed by atoms with E-state index in [0.717, 1.165) is 31.2 Å². The lowest BCUT2D eigenvalue weighted by atomic mass is 9.73. The van der Waals surface area contributed by atoms with Crippen molar-refractivity contribution < 1.29 is 19.4 Å². The number of carbonyl (C=O) groups excluding carboxylic acids is 1. The van der Waals surface area contributed by atoms with Gasteiger partial charge in [-0.2, -0.15) is 0 Å². The van der Waals surface area contributed by atoms with Gasteiger partial charge in [-0.3, -0.25) is 4.79 Å². The minimum absolute atomic E-state index is 0.0338. The maximum atomic E-state index is 11.9. The third-order valence-electron chi connectivity index (χ3n) is 6.19. The largest absolute Gasteiger partial charge is 0.471 e. The van der Waals surface area contributed by atoms with Crippen LogP contribution in [0, 0.1) is 5.92 Å². The second-order valence-electron chi connectivity index (χ2n) is 9.34. The molecule has 31 heavy (non-hydrogen) atoms. The lowest BCUT2D eigenvalue weighted by molar-refractivity contribution is -0.126. The maximum absolute atomic E-state index is 11.9. The fourth-order valence-electron chi connectivity index (χ4n) is 4.50. The Labute approximate surface area is 185 Å². The Kier molecular flexibility index (Phi) is 8.08. The van der Waals surface area contributed by atoms with Gasteiger partial charge in [0.05, 0.1) is 12.1 Å². The van der Waals surface area contributed by atoms with Gasteiger partial charge in [-0.25, -0.2) is 4.98 Å². The summed E-state index contributed by atoms with van der Waals surface area (Å²) in [7, 11) is 1.47. The molecule has 1 aromatic rings. The number of methoxy groups -OCH3 is 1. The number of rotatable bonds is 11. The molecule has 1 fully saturated rings. The molecule has 172 valence electrons. The van der Waals surface area contributed by atoms with Gasteiger partial charge in [0.25, 0.3) is 0 Å². The van der Waals surface area contributed by atoms with Gasteiger partial charge in [0.15, 0.2) is 0 Å². The van der Waals surface area contributed by atoms with Crippen LogP contribution < -0.4 is 15.4 Å². The summed E-state index contributed by atoms with van der Waals surface area (Å²) in [5.74, 6) is 1.01. The Morgan fingerprint density at radius 2 is 2.26 bits per heavy atom. The molecule has 7 heteroatoms. The number of hydrogen-bond donors (Lipinski definition) is 3. The van der Waals surface area contributed by atoms with E-state index >= 15 is 0 Å². The van der Waals surface area contributed by atoms with Gasteiger partial charge < -0.3 is 25.2 Å². The number of fused-ring (bicyclic) bond motifs is 1. The van der Waals surface area contributed by atoms with E-state index < -0.39 is 12.1 Å². The summed E-state index contributed by atoms with van der Waals surface area (Å²) in [5, 5.41) is 17.2. The summed E-state index contributed by atoms with van der Waals surface area (Å²) in [6.45, 7) is 8.46. The van der Waals surface area contributed by atoms with Gasteiger partial charge in [0, 0.05) is 37.9 Å². The van der Waals surface area contributed by atoms with E-state index in [1.165, 1.54) is 19.1 Å². The Balaban J connectivity index is 1.71. The second kappa shape index (κ2) is 10.6. The van der Waals surface area contributed by atoms with Crippen LogP contribution in [0.4, 0.5) is 0 Å². The first kappa shape index (κ1) is 23.7. The van der Waals surface area contributed by atoms with E-state index in [1.54, 1.807) is 6.08 Å². The number of pyridine rings is 1. The zero-order valence-corrected chi connectivity index (χ0v) is 19.0. The lowest BCUT2D eigenvalue weighted by Gasteiger charge is -2.47. The maximum Gasteiger partial charge on any atom is 0.246 e. The molecule has 0 bridgehead atoms. The smallest absolute Gasteiger partial charge is 0.246 e. The average molecular weight is 432 g/mol. The number of amides is 1. The van der Waals surface area contributed by atoms with Crippen LogP contribution in [-0.4, -0.2) is 54.0 Å². The van der Waals surface area contributed by atoms with E-state index in [9.17, 15) is 9.90 Å². The molecule has 7 nitrogen and oxygen atoms in total. The van der Waals surface area contributed by atoms with Crippen LogP contribution in [-0.2, 0) is 16.0 Å². The van der Waals surface area contributed by atoms with Crippen LogP contribution in [0.1, 0.15) is 63.1 Å². The van der Waals surface area contributed by atoms with Crippen LogP contribution in [0.15, 0.2) is 24.9 Å². The molecule has 1 aromatic heterocycles. The minimum atomic E-state index is -0.755. The highest BCUT2D eigenvalue weighted by Crippen LogP contribution is 2.48. The standard InChI is InChI=1S/C24H37N3O4/c1-5-7-19(27-22(29)15-30-4)21(28)14-25-20-12-24(8-6-9-24)31-23-18(20)11-17(13-26-23)10-16(2)3/h5,11,13,16,19-21,25,28H,1,6-10,12,14-15H2,2-4H3,(H,27,29)/t19-,20?,21+/m0/s1. The summed E-state index contributed by atoms with van der Waals surface area (Å²) in [6, 6.07) is 1.83. The highest BCUT2D eigenvalue weighted by atomic mass is 16.5. The van der Waals surface area contributed by atoms with Crippen molar-refractivity contribution >= 4 is 5.91 Å². The normalized spacial score (nSPS) is 21.0. The van der Waals surface area contributed by atoms with Crippen molar-refractivity contribution in [3.05, 3.63) is 36.0 Å². The van der Waals surface area contributed by atoms with Crippen LogP contribution >= 0.6 is 0 Å². The third-order valence-corrected chi connectivity index (χ3v) is 6.19. The first-order valence-electron chi connectivity index (χ1n) is 11.3. The number of nitrogens with zero attached hydrogens (tertiary/aromatic N) is 1. The monoisotopic (exact) mass is 431 g/mol. The summed E-state index contributed by atoms with van der Waals surface area (Å²) in [5.41, 5.74) is 2.12. The first-order chi connectivity index (χ1) is 14.9. The number of aliphatic hydroxyl groups excluding tert-OH is 1. The van der Waals surface area contributed by atoms with Crippen molar-refractivity contribution in [3.63, 3.8) is 0 Å². The molecule has 3 atom stereocenters. The molecule has 3 N–H and O–H groups in total. The Morgan fingerprint density at radius 1 is 1.48 bits per heavy atom. The highest BCUT2D eigenvalue weighted by Gasteiger charge is 2.46. The minimum Gasteiger partial charge on any atom is -0.471 e. The van der Waals surface area contributed by atoms with Crippen molar-refractivity contribution in [1.82, 2.24) is 15.6 Å². The fourth-order valence-corrected chi connectivity index (χ4v) is 4.50. The molecule has 1 amide bonds. The van der Waals surface area contributed by atoms with E-state index in [4.69, 9.17) is 9.47 Å². The molecule has 1 saturated carbocycles. The topological polar surface area (TPSA) is 92.7 Å². The number of aromatic nitrogens is 1. The molecule has 0 aromatic carbocycles. The SMILES string of the molecule is C=CC[C@H](NC(=O)COC)[C@H](O)CNC1CC2(CCC2)Oc2ncc(CC(C)C)cc21. The Bertz CT molecular complexity index is 763. The summed E-state index contributed by atoms with van der Waals surface area (Å²) < 4.78 is 11.2. The average Bonchev–Trinajstić information content (AvgIpc) is 2.70. The molecular weight excluding hydrogens is 394 g/mol. The number of hydrogen-bond acceptors (Lipinski definition) is 6. The molecule has 1 aliphatic heterocycles. The van der Waals surface area contributed by atoms with Gasteiger partial charge in [0.2, 0.25) is 11.8 Å². The zero-order valence-electron chi connectivity index (χ0n) is 19.0. The van der Waals surface area contributed by atoms with Crippen molar-refractivity contribution in [1.29, 1.82) is 0 Å². The van der Waals surface area contributed by atoms with Crippen LogP contribution in [0.5, 0.6) is 5.88 Å². The predicted molar refractivity (Wildman–Crippen MR) is 120 cm³/mol. The molecular formula is C24H37N3O4. The number of aliphatic hydroxyl groups is 1. The van der Waals surface area contributed by atoms with Gasteiger partial charge in [-0.15, -0.1) is 6.58 Å². The van der Waals surface area contributed by atoms with Gasteiger partial charge >= 0.3 is 0 Å². The molecule has 1 aliphatic carbocycles. The molecule has 0 radical (unpaired) electrons. The van der Waals surface area contributed by atoms with E-state index in [0.29, 0.717) is 24.8 Å². The molecule has 2 aliphatic rings. The fraction of sp³-hybridized carbons (Fsp3) is 0.667. The highest BCUT2D eigenvalue weighted by molar-refractivity contribution is 5.77. The summed E-state index contributed by atoms with van der Waals surface area (Å²) >= 11 is 0. The van der Waals surface area contributed by atoms with Crippen molar-refractivity contribution in [2.24, 2.45) is 5.92 Å². The molecule has 1 unspecified atom stereocenters. The number of carbonyl (C=O) groups is 1. The van der Waals surface area contributed by atoms with E-state index in [1.807, 2.05) is 6.20 Å². The number of ether oxygens (including phenoxy) is 2. The van der Waals surface area contributed by atoms with Gasteiger partial charge in [-0.05, 0) is 49.7 Å². The van der Waals surface area contributed by atoms with Gasteiger partial charge in [0.1, 0.15) is 12.2 Å². The van der Waals surface area contributed by atoms with E-state index in [-0.39, 0.29) is 24.2 Å². The van der Waals surface area contributed by atoms with Crippen molar-refractivity contribution in [3.8, 4) is 5.88 Å². The Hall–Kier alpha value is -1.96.